The van der Waals surface area contributed by atoms with E-state index in [1.165, 1.54) is 0 Å². The minimum atomic E-state index is -0.105. The topological polar surface area (TPSA) is 51.9 Å². The SMILES string of the molecule is CCN(CC1CCCO1)C(=O)c1ccc(COc2cccc(Br)c2)o1. The lowest BCUT2D eigenvalue weighted by atomic mass is 10.2. The van der Waals surface area contributed by atoms with Gasteiger partial charge < -0.3 is 18.8 Å². The molecule has 3 rings (SSSR count). The highest BCUT2D eigenvalue weighted by molar-refractivity contribution is 9.10. The second-order valence-corrected chi connectivity index (χ2v) is 6.91. The number of halogens is 1. The van der Waals surface area contributed by atoms with Crippen LogP contribution in [0.4, 0.5) is 0 Å². The first-order chi connectivity index (χ1) is 12.2. The van der Waals surface area contributed by atoms with Gasteiger partial charge in [-0.25, -0.2) is 0 Å². The Morgan fingerprint density at radius 2 is 2.24 bits per heavy atom. The van der Waals surface area contributed by atoms with E-state index >= 15 is 0 Å². The van der Waals surface area contributed by atoms with E-state index < -0.39 is 0 Å². The molecule has 2 heterocycles. The maximum Gasteiger partial charge on any atom is 0.289 e. The second kappa shape index (κ2) is 8.54. The number of nitrogens with zero attached hydrogens (tertiary/aromatic N) is 1. The van der Waals surface area contributed by atoms with Crippen LogP contribution in [0.1, 0.15) is 36.1 Å². The van der Waals surface area contributed by atoms with Crippen molar-refractivity contribution in [2.75, 3.05) is 19.7 Å². The number of furan rings is 1. The fourth-order valence-electron chi connectivity index (χ4n) is 2.83. The number of carbonyl (C=O) groups excluding carboxylic acids is 1. The first-order valence-corrected chi connectivity index (χ1v) is 9.33. The third-order valence-electron chi connectivity index (χ3n) is 4.17. The van der Waals surface area contributed by atoms with Crippen LogP contribution in [0.25, 0.3) is 0 Å². The molecule has 5 nitrogen and oxygen atoms in total. The fourth-order valence-corrected chi connectivity index (χ4v) is 3.21. The molecule has 1 aliphatic rings. The molecule has 0 saturated carbocycles. The Balaban J connectivity index is 1.58. The van der Waals surface area contributed by atoms with Gasteiger partial charge in [0.2, 0.25) is 0 Å². The molecule has 1 atom stereocenters. The van der Waals surface area contributed by atoms with Crippen molar-refractivity contribution in [1.29, 1.82) is 0 Å². The zero-order chi connectivity index (χ0) is 17.6. The molecule has 25 heavy (non-hydrogen) atoms. The van der Waals surface area contributed by atoms with E-state index in [1.807, 2.05) is 31.2 Å². The number of rotatable bonds is 7. The lowest BCUT2D eigenvalue weighted by Gasteiger charge is -2.22. The van der Waals surface area contributed by atoms with Crippen LogP contribution in [-0.2, 0) is 11.3 Å². The van der Waals surface area contributed by atoms with Crippen LogP contribution < -0.4 is 4.74 Å². The molecule has 1 aromatic heterocycles. The summed E-state index contributed by atoms with van der Waals surface area (Å²) in [6, 6.07) is 11.1. The molecule has 0 N–H and O–H groups in total. The Morgan fingerprint density at radius 3 is 2.96 bits per heavy atom. The van der Waals surface area contributed by atoms with Crippen LogP contribution >= 0.6 is 15.9 Å². The summed E-state index contributed by atoms with van der Waals surface area (Å²) >= 11 is 3.41. The average Bonchev–Trinajstić information content (AvgIpc) is 3.29. The van der Waals surface area contributed by atoms with Crippen LogP contribution in [0.5, 0.6) is 5.75 Å². The van der Waals surface area contributed by atoms with Gasteiger partial charge in [0.25, 0.3) is 5.91 Å². The van der Waals surface area contributed by atoms with E-state index in [1.54, 1.807) is 17.0 Å². The zero-order valence-corrected chi connectivity index (χ0v) is 15.8. The van der Waals surface area contributed by atoms with E-state index in [4.69, 9.17) is 13.9 Å². The number of ether oxygens (including phenoxy) is 2. The van der Waals surface area contributed by atoms with Gasteiger partial charge in [-0.3, -0.25) is 4.79 Å². The van der Waals surface area contributed by atoms with Crippen LogP contribution in [0.3, 0.4) is 0 Å². The maximum atomic E-state index is 12.6. The molecule has 134 valence electrons. The van der Waals surface area contributed by atoms with Crippen molar-refractivity contribution in [2.45, 2.75) is 32.5 Å². The minimum absolute atomic E-state index is 0.105. The predicted molar refractivity (Wildman–Crippen MR) is 97.7 cm³/mol. The summed E-state index contributed by atoms with van der Waals surface area (Å²) in [5, 5.41) is 0. The highest BCUT2D eigenvalue weighted by Crippen LogP contribution is 2.20. The summed E-state index contributed by atoms with van der Waals surface area (Å²) in [6.07, 6.45) is 2.21. The Morgan fingerprint density at radius 1 is 1.36 bits per heavy atom. The highest BCUT2D eigenvalue weighted by Gasteiger charge is 2.24. The minimum Gasteiger partial charge on any atom is -0.486 e. The van der Waals surface area contributed by atoms with Crippen LogP contribution in [0, 0.1) is 0 Å². The van der Waals surface area contributed by atoms with Crippen LogP contribution in [-0.4, -0.2) is 36.6 Å². The van der Waals surface area contributed by atoms with Crippen LogP contribution in [0.15, 0.2) is 45.3 Å². The first kappa shape index (κ1) is 18.0. The van der Waals surface area contributed by atoms with Gasteiger partial charge in [-0.05, 0) is 50.1 Å². The monoisotopic (exact) mass is 407 g/mol. The molecular weight excluding hydrogens is 386 g/mol. The van der Waals surface area contributed by atoms with Gasteiger partial charge in [0.1, 0.15) is 18.1 Å². The number of hydrogen-bond acceptors (Lipinski definition) is 4. The Labute approximate surface area is 156 Å². The summed E-state index contributed by atoms with van der Waals surface area (Å²) in [5.41, 5.74) is 0. The molecule has 1 saturated heterocycles. The molecule has 0 bridgehead atoms. The summed E-state index contributed by atoms with van der Waals surface area (Å²) in [4.78, 5) is 14.4. The van der Waals surface area contributed by atoms with Crippen molar-refractivity contribution in [3.8, 4) is 5.75 Å². The second-order valence-electron chi connectivity index (χ2n) is 5.99. The normalized spacial score (nSPS) is 16.8. The molecule has 6 heteroatoms. The fraction of sp³-hybridized carbons (Fsp3) is 0.421. The third-order valence-corrected chi connectivity index (χ3v) is 4.66. The Bertz CT molecular complexity index is 709. The van der Waals surface area contributed by atoms with Gasteiger partial charge in [-0.2, -0.15) is 0 Å². The smallest absolute Gasteiger partial charge is 0.289 e. The number of carbonyl (C=O) groups is 1. The van der Waals surface area contributed by atoms with Gasteiger partial charge >= 0.3 is 0 Å². The maximum absolute atomic E-state index is 12.6. The molecule has 1 fully saturated rings. The molecule has 1 aromatic carbocycles. The Kier molecular flexibility index (Phi) is 6.15. The van der Waals surface area contributed by atoms with Crippen molar-refractivity contribution in [1.82, 2.24) is 4.90 Å². The summed E-state index contributed by atoms with van der Waals surface area (Å²) in [5.74, 6) is 1.60. The van der Waals surface area contributed by atoms with Gasteiger partial charge in [-0.15, -0.1) is 0 Å². The summed E-state index contributed by atoms with van der Waals surface area (Å²) in [6.45, 7) is 4.27. The standard InChI is InChI=1S/C19H22BrNO4/c1-2-21(12-16-7-4-10-23-16)19(22)18-9-8-17(25-18)13-24-15-6-3-5-14(20)11-15/h3,5-6,8-9,11,16H,2,4,7,10,12-13H2,1H3. The van der Waals surface area contributed by atoms with Gasteiger partial charge in [0.15, 0.2) is 5.76 Å². The quantitative estimate of drug-likeness (QED) is 0.687. The van der Waals surface area contributed by atoms with Crippen molar-refractivity contribution in [3.05, 3.63) is 52.4 Å². The number of likely N-dealkylation sites (N-methyl/N-ethyl adjacent to an activating group) is 1. The lowest BCUT2D eigenvalue weighted by molar-refractivity contribution is 0.0513. The molecular formula is C19H22BrNO4. The number of benzene rings is 1. The summed E-state index contributed by atoms with van der Waals surface area (Å²) < 4.78 is 17.9. The number of hydrogen-bond donors (Lipinski definition) is 0. The molecule has 0 aliphatic carbocycles. The van der Waals surface area contributed by atoms with Crippen molar-refractivity contribution >= 4 is 21.8 Å². The van der Waals surface area contributed by atoms with Gasteiger partial charge in [0.05, 0.1) is 6.10 Å². The van der Waals surface area contributed by atoms with Crippen LogP contribution in [0.2, 0.25) is 0 Å². The number of amides is 1. The third kappa shape index (κ3) is 4.86. The van der Waals surface area contributed by atoms with Crippen molar-refractivity contribution < 1.29 is 18.7 Å². The molecule has 0 spiro atoms. The zero-order valence-electron chi connectivity index (χ0n) is 14.2. The highest BCUT2D eigenvalue weighted by atomic mass is 79.9. The molecule has 1 aliphatic heterocycles. The molecule has 1 amide bonds. The Hall–Kier alpha value is -1.79. The first-order valence-electron chi connectivity index (χ1n) is 8.53. The van der Waals surface area contributed by atoms with Gasteiger partial charge in [0, 0.05) is 24.2 Å². The van der Waals surface area contributed by atoms with Crippen molar-refractivity contribution in [3.63, 3.8) is 0 Å². The van der Waals surface area contributed by atoms with E-state index in [2.05, 4.69) is 15.9 Å². The summed E-state index contributed by atoms with van der Waals surface area (Å²) in [7, 11) is 0. The van der Waals surface area contributed by atoms with E-state index in [-0.39, 0.29) is 18.6 Å². The predicted octanol–water partition coefficient (Wildman–Crippen LogP) is 4.26. The van der Waals surface area contributed by atoms with E-state index in [9.17, 15) is 4.79 Å². The molecule has 0 radical (unpaired) electrons. The molecule has 2 aromatic rings. The van der Waals surface area contributed by atoms with Crippen molar-refractivity contribution in [2.24, 2.45) is 0 Å². The van der Waals surface area contributed by atoms with E-state index in [0.29, 0.717) is 24.6 Å². The molecule has 1 unspecified atom stereocenters. The van der Waals surface area contributed by atoms with E-state index in [0.717, 1.165) is 29.7 Å². The largest absolute Gasteiger partial charge is 0.486 e. The lowest BCUT2D eigenvalue weighted by Crippen LogP contribution is -2.37. The average molecular weight is 408 g/mol. The van der Waals surface area contributed by atoms with Gasteiger partial charge in [-0.1, -0.05) is 22.0 Å².